The molecule has 2 heterocycles. The van der Waals surface area contributed by atoms with Crippen molar-refractivity contribution in [1.82, 2.24) is 10.1 Å². The van der Waals surface area contributed by atoms with E-state index in [2.05, 4.69) is 5.16 Å². The van der Waals surface area contributed by atoms with E-state index in [1.807, 2.05) is 31.2 Å². The summed E-state index contributed by atoms with van der Waals surface area (Å²) in [7, 11) is 0. The van der Waals surface area contributed by atoms with Gasteiger partial charge in [0.1, 0.15) is 5.69 Å². The van der Waals surface area contributed by atoms with Crippen molar-refractivity contribution in [3.05, 3.63) is 41.7 Å². The summed E-state index contributed by atoms with van der Waals surface area (Å²) in [5, 5.41) is 4.00. The highest BCUT2D eigenvalue weighted by molar-refractivity contribution is 5.92. The number of hydrogen-bond acceptors (Lipinski definition) is 4. The maximum atomic E-state index is 12.4. The largest absolute Gasteiger partial charge is 0.350 e. The fourth-order valence-electron chi connectivity index (χ4n) is 2.60. The molecular weight excluding hydrogens is 302 g/mol. The van der Waals surface area contributed by atoms with Crippen LogP contribution in [0.1, 0.15) is 22.5 Å². The van der Waals surface area contributed by atoms with E-state index in [0.29, 0.717) is 30.5 Å². The molecule has 0 saturated carbocycles. The van der Waals surface area contributed by atoms with Crippen LogP contribution in [-0.4, -0.2) is 35.6 Å². The summed E-state index contributed by atoms with van der Waals surface area (Å²) in [5.74, 6) is 0.591. The molecule has 0 spiro atoms. The highest BCUT2D eigenvalue weighted by Crippen LogP contribution is 2.22. The van der Waals surface area contributed by atoms with Crippen LogP contribution in [0, 0.1) is 12.8 Å². The molecule has 1 amide bonds. The summed E-state index contributed by atoms with van der Waals surface area (Å²) in [6.45, 7) is 4.09. The van der Waals surface area contributed by atoms with Crippen molar-refractivity contribution in [3.8, 4) is 11.3 Å². The molecule has 6 heteroatoms. The molecule has 5 nitrogen and oxygen atoms in total. The first kappa shape index (κ1) is 16.5. The van der Waals surface area contributed by atoms with Gasteiger partial charge in [0.15, 0.2) is 0 Å². The molecule has 1 aromatic carbocycles. The average Bonchev–Trinajstić information content (AvgIpc) is 3.16. The van der Waals surface area contributed by atoms with Crippen molar-refractivity contribution < 1.29 is 9.32 Å². The first-order valence-corrected chi connectivity index (χ1v) is 7.20. The Morgan fingerprint density at radius 2 is 2.14 bits per heavy atom. The molecular formula is C16H20ClN3O2. The van der Waals surface area contributed by atoms with Crippen LogP contribution >= 0.6 is 12.4 Å². The number of amides is 1. The van der Waals surface area contributed by atoms with E-state index in [1.165, 1.54) is 5.56 Å². The molecule has 0 aliphatic carbocycles. The van der Waals surface area contributed by atoms with Gasteiger partial charge < -0.3 is 15.2 Å². The first-order chi connectivity index (χ1) is 10.2. The molecule has 1 aromatic heterocycles. The molecule has 1 aliphatic heterocycles. The predicted molar refractivity (Wildman–Crippen MR) is 87.0 cm³/mol. The van der Waals surface area contributed by atoms with E-state index < -0.39 is 0 Å². The highest BCUT2D eigenvalue weighted by Gasteiger charge is 2.28. The van der Waals surface area contributed by atoms with Crippen molar-refractivity contribution >= 4 is 18.3 Å². The van der Waals surface area contributed by atoms with Crippen LogP contribution in [0.4, 0.5) is 0 Å². The lowest BCUT2D eigenvalue weighted by molar-refractivity contribution is 0.0746. The Kier molecular flexibility index (Phi) is 5.21. The molecule has 2 N–H and O–H groups in total. The number of hydrogen-bond donors (Lipinski definition) is 1. The standard InChI is InChI=1S/C16H19N3O2.ClH/c1-11-2-4-13(5-3-11)14-8-15(21-18-14)16(20)19-7-6-12(9-17)10-19;/h2-5,8,12H,6-7,9-10,17H2,1H3;1H. The molecule has 1 fully saturated rings. The van der Waals surface area contributed by atoms with Crippen LogP contribution < -0.4 is 5.73 Å². The summed E-state index contributed by atoms with van der Waals surface area (Å²) in [4.78, 5) is 14.1. The average molecular weight is 322 g/mol. The van der Waals surface area contributed by atoms with Crippen molar-refractivity contribution in [2.24, 2.45) is 11.7 Å². The quantitative estimate of drug-likeness (QED) is 0.942. The number of nitrogens with zero attached hydrogens (tertiary/aromatic N) is 2. The Morgan fingerprint density at radius 1 is 1.41 bits per heavy atom. The van der Waals surface area contributed by atoms with Crippen molar-refractivity contribution in [1.29, 1.82) is 0 Å². The van der Waals surface area contributed by atoms with Gasteiger partial charge in [-0.05, 0) is 25.8 Å². The Labute approximate surface area is 135 Å². The van der Waals surface area contributed by atoms with Gasteiger partial charge in [-0.3, -0.25) is 4.79 Å². The fraction of sp³-hybridized carbons (Fsp3) is 0.375. The number of benzene rings is 1. The number of aromatic nitrogens is 1. The van der Waals surface area contributed by atoms with E-state index in [9.17, 15) is 4.79 Å². The number of aryl methyl sites for hydroxylation is 1. The van der Waals surface area contributed by atoms with Crippen LogP contribution in [0.15, 0.2) is 34.9 Å². The van der Waals surface area contributed by atoms with E-state index in [4.69, 9.17) is 10.3 Å². The molecule has 1 atom stereocenters. The zero-order valence-corrected chi connectivity index (χ0v) is 13.3. The van der Waals surface area contributed by atoms with Gasteiger partial charge in [0.2, 0.25) is 5.76 Å². The Bertz CT molecular complexity index is 639. The van der Waals surface area contributed by atoms with Gasteiger partial charge in [-0.15, -0.1) is 12.4 Å². The number of halogens is 1. The smallest absolute Gasteiger partial charge is 0.292 e. The second-order valence-corrected chi connectivity index (χ2v) is 5.58. The lowest BCUT2D eigenvalue weighted by Gasteiger charge is -2.13. The lowest BCUT2D eigenvalue weighted by atomic mass is 10.1. The minimum Gasteiger partial charge on any atom is -0.350 e. The van der Waals surface area contributed by atoms with E-state index in [-0.39, 0.29) is 18.3 Å². The second-order valence-electron chi connectivity index (χ2n) is 5.58. The summed E-state index contributed by atoms with van der Waals surface area (Å²) in [6.07, 6.45) is 0.960. The summed E-state index contributed by atoms with van der Waals surface area (Å²) < 4.78 is 5.22. The minimum absolute atomic E-state index is 0. The van der Waals surface area contributed by atoms with Gasteiger partial charge in [0.05, 0.1) is 0 Å². The molecule has 2 aromatic rings. The van der Waals surface area contributed by atoms with E-state index >= 15 is 0 Å². The number of carbonyl (C=O) groups excluding carboxylic acids is 1. The summed E-state index contributed by atoms with van der Waals surface area (Å²) in [6, 6.07) is 9.68. The number of nitrogens with two attached hydrogens (primary N) is 1. The van der Waals surface area contributed by atoms with E-state index in [0.717, 1.165) is 18.5 Å². The number of rotatable bonds is 3. The third-order valence-electron chi connectivity index (χ3n) is 3.97. The van der Waals surface area contributed by atoms with Gasteiger partial charge in [-0.1, -0.05) is 35.0 Å². The zero-order chi connectivity index (χ0) is 14.8. The van der Waals surface area contributed by atoms with E-state index in [1.54, 1.807) is 11.0 Å². The molecule has 1 aliphatic rings. The number of likely N-dealkylation sites (tertiary alicyclic amines) is 1. The molecule has 0 bridgehead atoms. The zero-order valence-electron chi connectivity index (χ0n) is 12.5. The van der Waals surface area contributed by atoms with Gasteiger partial charge in [0.25, 0.3) is 5.91 Å². The Morgan fingerprint density at radius 3 is 2.77 bits per heavy atom. The predicted octanol–water partition coefficient (Wildman–Crippen LogP) is 2.49. The topological polar surface area (TPSA) is 72.4 Å². The lowest BCUT2D eigenvalue weighted by Crippen LogP contribution is -2.29. The minimum atomic E-state index is -0.100. The summed E-state index contributed by atoms with van der Waals surface area (Å²) in [5.41, 5.74) is 8.47. The third-order valence-corrected chi connectivity index (χ3v) is 3.97. The fourth-order valence-corrected chi connectivity index (χ4v) is 2.60. The van der Waals surface area contributed by atoms with Crippen LogP contribution in [0.3, 0.4) is 0 Å². The van der Waals surface area contributed by atoms with Crippen LogP contribution in [-0.2, 0) is 0 Å². The van der Waals surface area contributed by atoms with Crippen molar-refractivity contribution in [3.63, 3.8) is 0 Å². The molecule has 3 rings (SSSR count). The second kappa shape index (κ2) is 6.94. The van der Waals surface area contributed by atoms with Gasteiger partial charge in [0, 0.05) is 24.7 Å². The van der Waals surface area contributed by atoms with Crippen molar-refractivity contribution in [2.75, 3.05) is 19.6 Å². The maximum Gasteiger partial charge on any atom is 0.292 e. The molecule has 0 radical (unpaired) electrons. The SMILES string of the molecule is Cc1ccc(-c2cc(C(=O)N3CCC(CN)C3)on2)cc1.Cl. The Balaban J connectivity index is 0.00000176. The Hall–Kier alpha value is -1.85. The maximum absolute atomic E-state index is 12.4. The first-order valence-electron chi connectivity index (χ1n) is 7.20. The molecule has 1 unspecified atom stereocenters. The van der Waals surface area contributed by atoms with Gasteiger partial charge >= 0.3 is 0 Å². The van der Waals surface area contributed by atoms with Crippen molar-refractivity contribution in [2.45, 2.75) is 13.3 Å². The summed E-state index contributed by atoms with van der Waals surface area (Å²) >= 11 is 0. The van der Waals surface area contributed by atoms with Gasteiger partial charge in [-0.2, -0.15) is 0 Å². The normalized spacial score (nSPS) is 17.4. The van der Waals surface area contributed by atoms with Crippen LogP contribution in [0.25, 0.3) is 11.3 Å². The number of carbonyl (C=O) groups is 1. The van der Waals surface area contributed by atoms with Crippen LogP contribution in [0.5, 0.6) is 0 Å². The van der Waals surface area contributed by atoms with Crippen LogP contribution in [0.2, 0.25) is 0 Å². The van der Waals surface area contributed by atoms with Gasteiger partial charge in [-0.25, -0.2) is 0 Å². The molecule has 1 saturated heterocycles. The molecule has 118 valence electrons. The molecule has 22 heavy (non-hydrogen) atoms. The monoisotopic (exact) mass is 321 g/mol. The third kappa shape index (κ3) is 3.31. The highest BCUT2D eigenvalue weighted by atomic mass is 35.5.